The summed E-state index contributed by atoms with van der Waals surface area (Å²) in [6.07, 6.45) is 5.74. The van der Waals surface area contributed by atoms with E-state index in [2.05, 4.69) is 41.2 Å². The normalized spacial score (nSPS) is 15.1. The van der Waals surface area contributed by atoms with Crippen molar-refractivity contribution in [2.75, 3.05) is 0 Å². The molecule has 0 amide bonds. The summed E-state index contributed by atoms with van der Waals surface area (Å²) in [6.45, 7) is 17.3. The molecule has 1 aromatic carbocycles. The molecule has 2 atom stereocenters. The van der Waals surface area contributed by atoms with Gasteiger partial charge in [0.25, 0.3) is 10.1 Å². The van der Waals surface area contributed by atoms with Crippen LogP contribution in [0.25, 0.3) is 0 Å². The minimum Gasteiger partial charge on any atom is -0.282 e. The Balaban J connectivity index is 2.77. The fourth-order valence-corrected chi connectivity index (χ4v) is 4.29. The fourth-order valence-electron chi connectivity index (χ4n) is 3.51. The Morgan fingerprint density at radius 3 is 2.32 bits per heavy atom. The van der Waals surface area contributed by atoms with Crippen LogP contribution in [0.3, 0.4) is 0 Å². The van der Waals surface area contributed by atoms with E-state index < -0.39 is 10.1 Å². The van der Waals surface area contributed by atoms with Gasteiger partial charge in [-0.05, 0) is 81.4 Å². The van der Waals surface area contributed by atoms with Gasteiger partial charge in [-0.25, -0.2) is 0 Å². The van der Waals surface area contributed by atoms with Crippen LogP contribution in [0, 0.1) is 11.8 Å². The van der Waals surface area contributed by atoms with Crippen LogP contribution in [0.15, 0.2) is 46.4 Å². The van der Waals surface area contributed by atoms with Crippen molar-refractivity contribution in [3.05, 3.63) is 52.6 Å². The van der Waals surface area contributed by atoms with Crippen molar-refractivity contribution < 1.29 is 13.0 Å². The highest BCUT2D eigenvalue weighted by Gasteiger charge is 2.18. The Morgan fingerprint density at radius 2 is 1.79 bits per heavy atom. The van der Waals surface area contributed by atoms with Crippen LogP contribution in [0.1, 0.15) is 78.4 Å². The predicted octanol–water partition coefficient (Wildman–Crippen LogP) is 6.78. The molecule has 0 aliphatic carbocycles. The van der Waals surface area contributed by atoms with E-state index in [1.54, 1.807) is 0 Å². The third kappa shape index (κ3) is 7.21. The lowest BCUT2D eigenvalue weighted by Crippen LogP contribution is -2.12. The van der Waals surface area contributed by atoms with Gasteiger partial charge in [-0.2, -0.15) is 8.42 Å². The summed E-state index contributed by atoms with van der Waals surface area (Å²) in [4.78, 5) is 0.0308. The van der Waals surface area contributed by atoms with Crippen LogP contribution < -0.4 is 0 Å². The van der Waals surface area contributed by atoms with Gasteiger partial charge >= 0.3 is 0 Å². The molecule has 3 nitrogen and oxygen atoms in total. The monoisotopic (exact) mass is 406 g/mol. The van der Waals surface area contributed by atoms with Crippen molar-refractivity contribution >= 4 is 10.1 Å². The van der Waals surface area contributed by atoms with Gasteiger partial charge in [0.1, 0.15) is 0 Å². The molecule has 158 valence electrons. The number of hydrogen-bond donors (Lipinski definition) is 1. The third-order valence-corrected chi connectivity index (χ3v) is 7.19. The zero-order valence-corrected chi connectivity index (χ0v) is 19.3. The molecule has 0 spiro atoms. The highest BCUT2D eigenvalue weighted by Crippen LogP contribution is 2.29. The Bertz CT molecular complexity index is 803. The molecule has 0 saturated carbocycles. The van der Waals surface area contributed by atoms with Crippen LogP contribution in [-0.2, 0) is 23.0 Å². The summed E-state index contributed by atoms with van der Waals surface area (Å²) < 4.78 is 32.3. The van der Waals surface area contributed by atoms with Crippen molar-refractivity contribution in [2.24, 2.45) is 11.8 Å². The second-order valence-electron chi connectivity index (χ2n) is 8.14. The lowest BCUT2D eigenvalue weighted by Gasteiger charge is -2.23. The highest BCUT2D eigenvalue weighted by molar-refractivity contribution is 7.85. The first-order chi connectivity index (χ1) is 13.0. The van der Waals surface area contributed by atoms with E-state index in [0.717, 1.165) is 37.7 Å². The highest BCUT2D eigenvalue weighted by atomic mass is 32.2. The molecule has 28 heavy (non-hydrogen) atoms. The summed E-state index contributed by atoms with van der Waals surface area (Å²) in [5.41, 5.74) is 6.07. The fraction of sp³-hybridized carbons (Fsp3) is 0.583. The Kier molecular flexibility index (Phi) is 9.65. The van der Waals surface area contributed by atoms with Crippen LogP contribution in [-0.4, -0.2) is 13.0 Å². The van der Waals surface area contributed by atoms with Crippen LogP contribution in [0.4, 0.5) is 0 Å². The second-order valence-corrected chi connectivity index (χ2v) is 9.53. The molecule has 2 unspecified atom stereocenters. The summed E-state index contributed by atoms with van der Waals surface area (Å²) in [7, 11) is -4.15. The molecular weight excluding hydrogens is 368 g/mol. The first-order valence-electron chi connectivity index (χ1n) is 10.4. The smallest absolute Gasteiger partial charge is 0.282 e. The van der Waals surface area contributed by atoms with E-state index >= 15 is 0 Å². The van der Waals surface area contributed by atoms with Gasteiger partial charge in [0.2, 0.25) is 0 Å². The van der Waals surface area contributed by atoms with Gasteiger partial charge in [-0.15, -0.1) is 0 Å². The molecule has 4 heteroatoms. The number of hydrogen-bond acceptors (Lipinski definition) is 2. The Morgan fingerprint density at radius 1 is 1.14 bits per heavy atom. The molecular formula is C24H38O3S. The maximum Gasteiger partial charge on any atom is 0.294 e. The molecule has 0 aliphatic heterocycles. The van der Waals surface area contributed by atoms with Crippen molar-refractivity contribution in [3.8, 4) is 0 Å². The predicted molar refractivity (Wildman–Crippen MR) is 119 cm³/mol. The average Bonchev–Trinajstić information content (AvgIpc) is 2.67. The van der Waals surface area contributed by atoms with Gasteiger partial charge < -0.3 is 0 Å². The molecule has 0 fully saturated rings. The zero-order chi connectivity index (χ0) is 21.5. The minimum atomic E-state index is -4.15. The van der Waals surface area contributed by atoms with Gasteiger partial charge in [0.15, 0.2) is 0 Å². The first-order valence-corrected chi connectivity index (χ1v) is 11.9. The van der Waals surface area contributed by atoms with Crippen LogP contribution >= 0.6 is 0 Å². The van der Waals surface area contributed by atoms with E-state index in [1.807, 2.05) is 19.1 Å². The Labute approximate surface area is 172 Å². The van der Waals surface area contributed by atoms with E-state index in [-0.39, 0.29) is 4.90 Å². The van der Waals surface area contributed by atoms with Crippen LogP contribution in [0.5, 0.6) is 0 Å². The number of rotatable bonds is 11. The molecule has 0 saturated heterocycles. The summed E-state index contributed by atoms with van der Waals surface area (Å²) in [5.74, 6) is 1.05. The second kappa shape index (κ2) is 11.0. The first kappa shape index (κ1) is 24.6. The van der Waals surface area contributed by atoms with E-state index in [4.69, 9.17) is 0 Å². The van der Waals surface area contributed by atoms with Gasteiger partial charge in [-0.3, -0.25) is 4.55 Å². The number of benzene rings is 1. The number of allylic oxidation sites excluding steroid dienone is 3. The molecule has 1 rings (SSSR count). The maximum atomic E-state index is 11.5. The standard InChI is InChI=1S/C24H38O3S/c1-8-17(3)10-11-18(4)20(6)21(7)19(5)12-13-22-14-15-24(28(25,26)27)23(9-2)16-22/h14-16,19,21H,3,8-13H2,1-2,4-7H3,(H,25,26,27). The summed E-state index contributed by atoms with van der Waals surface area (Å²) in [6, 6.07) is 5.28. The van der Waals surface area contributed by atoms with E-state index in [9.17, 15) is 13.0 Å². The average molecular weight is 407 g/mol. The molecule has 0 radical (unpaired) electrons. The molecule has 0 aliphatic rings. The molecule has 1 aromatic rings. The van der Waals surface area contributed by atoms with E-state index in [1.165, 1.54) is 22.8 Å². The summed E-state index contributed by atoms with van der Waals surface area (Å²) >= 11 is 0. The molecule has 0 heterocycles. The molecule has 0 bridgehead atoms. The third-order valence-electron chi connectivity index (χ3n) is 6.24. The molecule has 1 N–H and O–H groups in total. The van der Waals surface area contributed by atoms with Gasteiger partial charge in [0, 0.05) is 0 Å². The SMILES string of the molecule is C=C(CC)CCC(C)=C(C)C(C)C(C)CCc1ccc(S(=O)(=O)O)c(CC)c1. The lowest BCUT2D eigenvalue weighted by atomic mass is 9.82. The zero-order valence-electron chi connectivity index (χ0n) is 18.5. The maximum absolute atomic E-state index is 11.5. The number of aryl methyl sites for hydroxylation is 2. The molecule has 0 aromatic heterocycles. The van der Waals surface area contributed by atoms with E-state index in [0.29, 0.717) is 23.8 Å². The topological polar surface area (TPSA) is 54.4 Å². The largest absolute Gasteiger partial charge is 0.294 e. The quantitative estimate of drug-likeness (QED) is 0.325. The van der Waals surface area contributed by atoms with Crippen molar-refractivity contribution in [1.82, 2.24) is 0 Å². The van der Waals surface area contributed by atoms with Crippen molar-refractivity contribution in [3.63, 3.8) is 0 Å². The van der Waals surface area contributed by atoms with Crippen molar-refractivity contribution in [1.29, 1.82) is 0 Å². The van der Waals surface area contributed by atoms with Gasteiger partial charge in [-0.1, -0.05) is 63.1 Å². The minimum absolute atomic E-state index is 0.0308. The van der Waals surface area contributed by atoms with Crippen molar-refractivity contribution in [2.45, 2.75) is 85.0 Å². The van der Waals surface area contributed by atoms with Gasteiger partial charge in [0.05, 0.1) is 4.90 Å². The lowest BCUT2D eigenvalue weighted by molar-refractivity contribution is 0.407. The summed E-state index contributed by atoms with van der Waals surface area (Å²) in [5, 5.41) is 0. The van der Waals surface area contributed by atoms with Crippen LogP contribution in [0.2, 0.25) is 0 Å². The Hall–Kier alpha value is -1.39.